The first-order valence-corrected chi connectivity index (χ1v) is 7.29. The minimum Gasteiger partial charge on any atom is -0.382 e. The van der Waals surface area contributed by atoms with Gasteiger partial charge in [0.25, 0.3) is 5.91 Å². The van der Waals surface area contributed by atoms with Crippen molar-refractivity contribution in [1.29, 1.82) is 0 Å². The van der Waals surface area contributed by atoms with Crippen LogP contribution in [0.3, 0.4) is 0 Å². The number of benzene rings is 1. The van der Waals surface area contributed by atoms with Crippen LogP contribution in [0.1, 0.15) is 23.0 Å². The average molecular weight is 352 g/mol. The van der Waals surface area contributed by atoms with Crippen molar-refractivity contribution in [2.24, 2.45) is 0 Å². The van der Waals surface area contributed by atoms with Crippen LogP contribution in [0.5, 0.6) is 0 Å². The molecule has 6 heteroatoms. The first-order valence-electron chi connectivity index (χ1n) is 6.49. The number of halogens is 2. The Hall–Kier alpha value is -1.95. The predicted octanol–water partition coefficient (Wildman–Crippen LogP) is 3.98. The molecule has 0 spiro atoms. The van der Waals surface area contributed by atoms with E-state index in [2.05, 4.69) is 31.5 Å². The third kappa shape index (κ3) is 3.58. The molecule has 0 saturated carbocycles. The van der Waals surface area contributed by atoms with Gasteiger partial charge in [0.2, 0.25) is 0 Å². The zero-order chi connectivity index (χ0) is 15.4. The van der Waals surface area contributed by atoms with Crippen LogP contribution in [0.2, 0.25) is 0 Å². The second-order valence-corrected chi connectivity index (χ2v) is 5.26. The average Bonchev–Trinajstić information content (AvgIpc) is 2.45. The molecular weight excluding hydrogens is 337 g/mol. The molecule has 0 unspecified atom stereocenters. The van der Waals surface area contributed by atoms with E-state index in [0.717, 1.165) is 10.2 Å². The lowest BCUT2D eigenvalue weighted by Crippen LogP contribution is -2.16. The van der Waals surface area contributed by atoms with E-state index in [-0.39, 0.29) is 11.3 Å². The number of amides is 1. The largest absolute Gasteiger partial charge is 0.382 e. The smallest absolute Gasteiger partial charge is 0.259 e. The third-order valence-electron chi connectivity index (χ3n) is 2.87. The fourth-order valence-corrected chi connectivity index (χ4v) is 2.09. The van der Waals surface area contributed by atoms with Gasteiger partial charge in [-0.05, 0) is 54.0 Å². The highest BCUT2D eigenvalue weighted by molar-refractivity contribution is 9.10. The van der Waals surface area contributed by atoms with Crippen molar-refractivity contribution in [3.63, 3.8) is 0 Å². The Bertz CT molecular complexity index is 676. The maximum atomic E-state index is 13.8. The second-order valence-electron chi connectivity index (χ2n) is 4.41. The molecule has 0 aliphatic rings. The van der Waals surface area contributed by atoms with Crippen LogP contribution >= 0.6 is 15.9 Å². The van der Waals surface area contributed by atoms with Crippen molar-refractivity contribution in [1.82, 2.24) is 4.98 Å². The van der Waals surface area contributed by atoms with E-state index in [0.29, 0.717) is 12.4 Å². The minimum absolute atomic E-state index is 0.200. The lowest BCUT2D eigenvalue weighted by Gasteiger charge is -2.12. The number of pyridine rings is 1. The van der Waals surface area contributed by atoms with Crippen LogP contribution in [-0.4, -0.2) is 17.4 Å². The summed E-state index contributed by atoms with van der Waals surface area (Å²) in [7, 11) is 0. The topological polar surface area (TPSA) is 54.0 Å². The van der Waals surface area contributed by atoms with E-state index < -0.39 is 11.7 Å². The van der Waals surface area contributed by atoms with E-state index in [4.69, 9.17) is 0 Å². The number of carbonyl (C=O) groups is 1. The molecule has 1 aromatic carbocycles. The van der Waals surface area contributed by atoms with Gasteiger partial charge < -0.3 is 10.6 Å². The van der Waals surface area contributed by atoms with Gasteiger partial charge in [-0.15, -0.1) is 0 Å². The predicted molar refractivity (Wildman–Crippen MR) is 85.2 cm³/mol. The van der Waals surface area contributed by atoms with Crippen LogP contribution in [0.25, 0.3) is 0 Å². The summed E-state index contributed by atoms with van der Waals surface area (Å²) < 4.78 is 14.6. The highest BCUT2D eigenvalue weighted by Gasteiger charge is 2.15. The lowest BCUT2D eigenvalue weighted by atomic mass is 10.1. The van der Waals surface area contributed by atoms with E-state index in [1.165, 1.54) is 12.1 Å². The van der Waals surface area contributed by atoms with Crippen molar-refractivity contribution in [3.05, 3.63) is 51.9 Å². The maximum absolute atomic E-state index is 13.8. The van der Waals surface area contributed by atoms with E-state index in [9.17, 15) is 9.18 Å². The van der Waals surface area contributed by atoms with Gasteiger partial charge in [0.05, 0.1) is 16.9 Å². The molecule has 0 fully saturated rings. The number of nitrogens with zero attached hydrogens (tertiary/aromatic N) is 1. The van der Waals surface area contributed by atoms with Crippen LogP contribution in [0.4, 0.5) is 15.9 Å². The Morgan fingerprint density at radius 3 is 2.76 bits per heavy atom. The molecule has 0 aliphatic carbocycles. The van der Waals surface area contributed by atoms with Crippen LogP contribution < -0.4 is 10.6 Å². The van der Waals surface area contributed by atoms with Crippen molar-refractivity contribution >= 4 is 33.3 Å². The van der Waals surface area contributed by atoms with Gasteiger partial charge in [-0.3, -0.25) is 4.79 Å². The summed E-state index contributed by atoms with van der Waals surface area (Å²) in [6.07, 6.45) is 0. The lowest BCUT2D eigenvalue weighted by molar-refractivity contribution is 0.102. The van der Waals surface area contributed by atoms with Crippen molar-refractivity contribution in [3.8, 4) is 0 Å². The van der Waals surface area contributed by atoms with Gasteiger partial charge in [-0.2, -0.15) is 0 Å². The molecule has 2 N–H and O–H groups in total. The molecule has 0 aliphatic heterocycles. The molecule has 21 heavy (non-hydrogen) atoms. The van der Waals surface area contributed by atoms with Gasteiger partial charge >= 0.3 is 0 Å². The summed E-state index contributed by atoms with van der Waals surface area (Å²) in [6, 6.07) is 7.88. The minimum atomic E-state index is -0.454. The molecule has 2 aromatic rings. The molecule has 4 nitrogen and oxygen atoms in total. The molecule has 1 amide bonds. The first kappa shape index (κ1) is 15.4. The Morgan fingerprint density at radius 2 is 2.10 bits per heavy atom. The summed E-state index contributed by atoms with van der Waals surface area (Å²) in [5, 5.41) is 5.54. The summed E-state index contributed by atoms with van der Waals surface area (Å²) in [5.41, 5.74) is 1.21. The Balaban J connectivity index is 2.28. The number of para-hydroxylation sites is 1. The zero-order valence-electron chi connectivity index (χ0n) is 11.7. The number of nitrogens with one attached hydrogen (secondary N) is 2. The molecule has 0 bridgehead atoms. The quantitative estimate of drug-likeness (QED) is 0.875. The van der Waals surface area contributed by atoms with Gasteiger partial charge in [0.15, 0.2) is 0 Å². The molecule has 0 saturated heterocycles. The number of rotatable bonds is 4. The fourth-order valence-electron chi connectivity index (χ4n) is 1.87. The zero-order valence-corrected chi connectivity index (χ0v) is 13.3. The maximum Gasteiger partial charge on any atom is 0.259 e. The molecule has 1 heterocycles. The SMILES string of the molecule is CCNc1c(F)cccc1C(=O)Nc1ccc(Br)c(C)n1. The highest BCUT2D eigenvalue weighted by atomic mass is 79.9. The number of hydrogen-bond acceptors (Lipinski definition) is 3. The number of anilines is 2. The van der Waals surface area contributed by atoms with Gasteiger partial charge in [0, 0.05) is 11.0 Å². The van der Waals surface area contributed by atoms with Crippen molar-refractivity contribution < 1.29 is 9.18 Å². The van der Waals surface area contributed by atoms with Crippen molar-refractivity contribution in [2.45, 2.75) is 13.8 Å². The van der Waals surface area contributed by atoms with E-state index >= 15 is 0 Å². The highest BCUT2D eigenvalue weighted by Crippen LogP contribution is 2.22. The van der Waals surface area contributed by atoms with Crippen molar-refractivity contribution in [2.75, 3.05) is 17.2 Å². The fraction of sp³-hybridized carbons (Fsp3) is 0.200. The van der Waals surface area contributed by atoms with Gasteiger partial charge in [0.1, 0.15) is 11.6 Å². The summed E-state index contributed by atoms with van der Waals surface area (Å²) in [6.45, 7) is 4.19. The first-order chi connectivity index (χ1) is 10.0. The monoisotopic (exact) mass is 351 g/mol. The summed E-state index contributed by atoms with van der Waals surface area (Å²) in [4.78, 5) is 16.5. The van der Waals surface area contributed by atoms with Crippen LogP contribution in [0, 0.1) is 12.7 Å². The molecular formula is C15H15BrFN3O. The summed E-state index contributed by atoms with van der Waals surface area (Å²) >= 11 is 3.35. The number of aromatic nitrogens is 1. The van der Waals surface area contributed by atoms with E-state index in [1.54, 1.807) is 18.2 Å². The standard InChI is InChI=1S/C15H15BrFN3O/c1-3-18-14-10(5-4-6-12(14)17)15(21)20-13-8-7-11(16)9(2)19-13/h4-8,18H,3H2,1-2H3,(H,19,20,21). The Morgan fingerprint density at radius 1 is 1.33 bits per heavy atom. The molecule has 110 valence electrons. The molecule has 1 aromatic heterocycles. The molecule has 0 atom stereocenters. The molecule has 0 radical (unpaired) electrons. The number of hydrogen-bond donors (Lipinski definition) is 2. The van der Waals surface area contributed by atoms with Gasteiger partial charge in [-0.25, -0.2) is 9.37 Å². The normalized spacial score (nSPS) is 10.3. The third-order valence-corrected chi connectivity index (χ3v) is 3.71. The van der Waals surface area contributed by atoms with Crippen LogP contribution in [-0.2, 0) is 0 Å². The molecule has 2 rings (SSSR count). The Labute approximate surface area is 130 Å². The number of carbonyl (C=O) groups excluding carboxylic acids is 1. The summed E-state index contributed by atoms with van der Waals surface area (Å²) in [5.74, 6) is -0.434. The van der Waals surface area contributed by atoms with Crippen LogP contribution in [0.15, 0.2) is 34.8 Å². The Kier molecular flexibility index (Phi) is 4.90. The number of aryl methyl sites for hydroxylation is 1. The van der Waals surface area contributed by atoms with Gasteiger partial charge in [-0.1, -0.05) is 6.07 Å². The second kappa shape index (κ2) is 6.67. The van der Waals surface area contributed by atoms with E-state index in [1.807, 2.05) is 13.8 Å².